The SMILES string of the molecule is C[C-]=NC#N.[Y].[Y]. The molecule has 0 atom stereocenters. The molecule has 0 aromatic carbocycles. The fourth-order valence-electron chi connectivity index (χ4n) is 0.0500. The third-order valence-electron chi connectivity index (χ3n) is 0.162. The van der Waals surface area contributed by atoms with Gasteiger partial charge in [-0.05, 0) is 6.19 Å². The summed E-state index contributed by atoms with van der Waals surface area (Å²) < 4.78 is 0. The molecule has 0 aromatic rings. The second-order valence-corrected chi connectivity index (χ2v) is 0.435. The summed E-state index contributed by atoms with van der Waals surface area (Å²) in [5, 5.41) is 7.59. The number of hydrogen-bond acceptors (Lipinski definition) is 2. The van der Waals surface area contributed by atoms with Gasteiger partial charge in [0, 0.05) is 65.4 Å². The smallest absolute Gasteiger partial charge is 0 e. The van der Waals surface area contributed by atoms with Gasteiger partial charge in [0.05, 0.1) is 0 Å². The van der Waals surface area contributed by atoms with E-state index in [1.807, 2.05) is 0 Å². The normalized spacial score (nSPS) is 5.71. The van der Waals surface area contributed by atoms with E-state index in [1.54, 1.807) is 6.92 Å². The summed E-state index contributed by atoms with van der Waals surface area (Å²) in [6, 6.07) is 0. The second-order valence-electron chi connectivity index (χ2n) is 0.435. The molecular formula is C3H3N2Y2-. The fraction of sp³-hybridized carbons (Fsp3) is 0.333. The molecule has 0 aliphatic rings. The van der Waals surface area contributed by atoms with E-state index in [1.165, 1.54) is 6.19 Å². The van der Waals surface area contributed by atoms with Crippen LogP contribution < -0.4 is 0 Å². The molecule has 7 heavy (non-hydrogen) atoms. The Morgan fingerprint density at radius 3 is 2.00 bits per heavy atom. The summed E-state index contributed by atoms with van der Waals surface area (Å²) in [5.41, 5.74) is 0. The first-order chi connectivity index (χ1) is 2.41. The van der Waals surface area contributed by atoms with Crippen molar-refractivity contribution in [3.05, 3.63) is 0 Å². The second kappa shape index (κ2) is 15.7. The number of hydrogen-bond donors (Lipinski definition) is 0. The van der Waals surface area contributed by atoms with Crippen molar-refractivity contribution in [3.63, 3.8) is 0 Å². The summed E-state index contributed by atoms with van der Waals surface area (Å²) in [7, 11) is 0. The topological polar surface area (TPSA) is 36.1 Å². The van der Waals surface area contributed by atoms with Crippen LogP contribution in [0.3, 0.4) is 0 Å². The van der Waals surface area contributed by atoms with Crippen LogP contribution >= 0.6 is 0 Å². The summed E-state index contributed by atoms with van der Waals surface area (Å²) in [6.45, 7) is 1.57. The first kappa shape index (κ1) is 15.8. The molecule has 0 rings (SSSR count). The molecule has 0 bridgehead atoms. The van der Waals surface area contributed by atoms with Gasteiger partial charge in [0.1, 0.15) is 0 Å². The van der Waals surface area contributed by atoms with Crippen molar-refractivity contribution in [3.8, 4) is 6.19 Å². The molecule has 4 heteroatoms. The predicted molar refractivity (Wildman–Crippen MR) is 18.7 cm³/mol. The maximum Gasteiger partial charge on any atom is 0 e. The molecule has 0 amide bonds. The summed E-state index contributed by atoms with van der Waals surface area (Å²) >= 11 is 0. The van der Waals surface area contributed by atoms with E-state index < -0.39 is 0 Å². The average Bonchev–Trinajstić information content (AvgIpc) is 1.41. The van der Waals surface area contributed by atoms with E-state index in [4.69, 9.17) is 5.26 Å². The molecule has 0 saturated carbocycles. The van der Waals surface area contributed by atoms with E-state index in [9.17, 15) is 0 Å². The van der Waals surface area contributed by atoms with Gasteiger partial charge in [-0.15, -0.1) is 6.92 Å². The Kier molecular flexibility index (Phi) is 35.3. The molecule has 0 aliphatic carbocycles. The maximum absolute atomic E-state index is 7.59. The van der Waals surface area contributed by atoms with Crippen LogP contribution in [0.2, 0.25) is 0 Å². The molecule has 2 radical (unpaired) electrons. The molecule has 0 aliphatic heterocycles. The van der Waals surface area contributed by atoms with Crippen LogP contribution in [0.15, 0.2) is 4.99 Å². The van der Waals surface area contributed by atoms with Crippen LogP contribution in [0.1, 0.15) is 6.92 Å². The third kappa shape index (κ3) is 18.7. The largest absolute Gasteiger partial charge is 0.401 e. The van der Waals surface area contributed by atoms with Crippen molar-refractivity contribution in [2.24, 2.45) is 4.99 Å². The molecule has 0 fully saturated rings. The van der Waals surface area contributed by atoms with Crippen LogP contribution in [0, 0.1) is 11.5 Å². The van der Waals surface area contributed by atoms with Crippen LogP contribution in [0.25, 0.3) is 0 Å². The van der Waals surface area contributed by atoms with E-state index >= 15 is 0 Å². The maximum atomic E-state index is 7.59. The Bertz CT molecular complexity index is 73.5. The van der Waals surface area contributed by atoms with E-state index in [0.29, 0.717) is 0 Å². The third-order valence-corrected chi connectivity index (χ3v) is 0.162. The standard InChI is InChI=1S/C3H3N2.2Y/c1-2-5-3-4;;/h1H3;;/q-1;;. The minimum atomic E-state index is 0. The van der Waals surface area contributed by atoms with Gasteiger partial charge in [0.2, 0.25) is 0 Å². The minimum Gasteiger partial charge on any atom is -0.401 e. The Labute approximate surface area is 93.5 Å². The summed E-state index contributed by atoms with van der Waals surface area (Å²) in [4.78, 5) is 3.03. The van der Waals surface area contributed by atoms with Gasteiger partial charge in [0.25, 0.3) is 0 Å². The number of nitrogens with zero attached hydrogens (tertiary/aromatic N) is 2. The van der Waals surface area contributed by atoms with Crippen LogP contribution in [0.5, 0.6) is 0 Å². The Morgan fingerprint density at radius 1 is 1.57 bits per heavy atom. The molecule has 0 spiro atoms. The van der Waals surface area contributed by atoms with Gasteiger partial charge < -0.3 is 10.3 Å². The summed E-state index contributed by atoms with van der Waals surface area (Å²) in [6.07, 6.45) is 3.81. The van der Waals surface area contributed by atoms with E-state index in [0.717, 1.165) is 0 Å². The first-order valence-corrected chi connectivity index (χ1v) is 1.17. The monoisotopic (exact) mass is 245 g/mol. The number of rotatable bonds is 0. The van der Waals surface area contributed by atoms with Crippen LogP contribution in [-0.4, -0.2) is 6.21 Å². The van der Waals surface area contributed by atoms with Crippen LogP contribution in [-0.2, 0) is 65.4 Å². The molecule has 0 saturated heterocycles. The van der Waals surface area contributed by atoms with Crippen molar-refractivity contribution in [2.75, 3.05) is 0 Å². The molecular weight excluding hydrogens is 242 g/mol. The van der Waals surface area contributed by atoms with Gasteiger partial charge >= 0.3 is 0 Å². The van der Waals surface area contributed by atoms with Crippen molar-refractivity contribution in [2.45, 2.75) is 6.92 Å². The van der Waals surface area contributed by atoms with Crippen LogP contribution in [0.4, 0.5) is 0 Å². The Balaban J connectivity index is -0.0000000800. The van der Waals surface area contributed by atoms with Crippen molar-refractivity contribution in [1.29, 1.82) is 5.26 Å². The number of nitriles is 1. The van der Waals surface area contributed by atoms with Gasteiger partial charge in [-0.25, -0.2) is 0 Å². The fourth-order valence-corrected chi connectivity index (χ4v) is 0.0500. The first-order valence-electron chi connectivity index (χ1n) is 1.17. The van der Waals surface area contributed by atoms with Gasteiger partial charge in [0.15, 0.2) is 0 Å². The molecule has 0 unspecified atom stereocenters. The molecule has 0 heterocycles. The van der Waals surface area contributed by atoms with Gasteiger partial charge in [-0.3, -0.25) is 0 Å². The van der Waals surface area contributed by atoms with Crippen molar-refractivity contribution >= 4 is 6.21 Å². The predicted octanol–water partition coefficient (Wildman–Crippen LogP) is 0.430. The zero-order valence-electron chi connectivity index (χ0n) is 4.05. The molecule has 0 N–H and O–H groups in total. The van der Waals surface area contributed by atoms with E-state index in [2.05, 4.69) is 11.2 Å². The van der Waals surface area contributed by atoms with Gasteiger partial charge in [-0.2, -0.15) is 6.21 Å². The summed E-state index contributed by atoms with van der Waals surface area (Å²) in [5.74, 6) is 0. The molecule has 2 nitrogen and oxygen atoms in total. The molecule has 0 aromatic heterocycles. The number of aliphatic imine (C=N–C) groups is 1. The zero-order valence-corrected chi connectivity index (χ0v) is 9.73. The zero-order chi connectivity index (χ0) is 4.12. The molecule has 32 valence electrons. The van der Waals surface area contributed by atoms with Crippen molar-refractivity contribution in [1.82, 2.24) is 0 Å². The van der Waals surface area contributed by atoms with Crippen molar-refractivity contribution < 1.29 is 65.4 Å². The Hall–Kier alpha value is 1.37. The van der Waals surface area contributed by atoms with Gasteiger partial charge in [-0.1, -0.05) is 0 Å². The quantitative estimate of drug-likeness (QED) is 0.346. The minimum absolute atomic E-state index is 0. The average molecular weight is 245 g/mol. The Morgan fingerprint density at radius 2 is 2.00 bits per heavy atom. The van der Waals surface area contributed by atoms with E-state index in [-0.39, 0.29) is 65.4 Å².